The van der Waals surface area contributed by atoms with Crippen molar-refractivity contribution >= 4 is 27.5 Å². The molecule has 1 amide bonds. The van der Waals surface area contributed by atoms with Gasteiger partial charge in [-0.3, -0.25) is 4.79 Å². The van der Waals surface area contributed by atoms with Crippen LogP contribution < -0.4 is 16.2 Å². The van der Waals surface area contributed by atoms with Crippen molar-refractivity contribution in [2.45, 2.75) is 36.6 Å². The lowest BCUT2D eigenvalue weighted by molar-refractivity contribution is -0.191. The molecule has 0 bridgehead atoms. The second kappa shape index (κ2) is 8.91. The summed E-state index contributed by atoms with van der Waals surface area (Å²) in [5, 5.41) is 12.3. The largest absolute Gasteiger partial charge is 0.488 e. The van der Waals surface area contributed by atoms with Gasteiger partial charge in [0.25, 0.3) is 0 Å². The van der Waals surface area contributed by atoms with Crippen LogP contribution in [0.25, 0.3) is 21.5 Å². The molecule has 2 atom stereocenters. The van der Waals surface area contributed by atoms with Crippen LogP contribution in [0, 0.1) is 17.6 Å². The highest BCUT2D eigenvalue weighted by Crippen LogP contribution is 2.53. The third-order valence-corrected chi connectivity index (χ3v) is 8.42. The van der Waals surface area contributed by atoms with E-state index in [0.29, 0.717) is 17.5 Å². The summed E-state index contributed by atoms with van der Waals surface area (Å²) in [5.41, 5.74) is 6.17. The van der Waals surface area contributed by atoms with Gasteiger partial charge in [-0.25, -0.2) is 18.7 Å². The Balaban J connectivity index is 1.51. The molecule has 4 aromatic rings. The Hall–Kier alpha value is -3.68. The monoisotopic (exact) mass is 576 g/mol. The fraction of sp³-hybridized carbons (Fsp3) is 0.296. The minimum atomic E-state index is -4.89. The fourth-order valence-corrected chi connectivity index (χ4v) is 6.13. The van der Waals surface area contributed by atoms with Gasteiger partial charge < -0.3 is 21.3 Å². The molecule has 0 radical (unpaired) electrons. The van der Waals surface area contributed by atoms with E-state index in [9.17, 15) is 31.9 Å². The van der Waals surface area contributed by atoms with Crippen LogP contribution in [0.5, 0.6) is 5.75 Å². The highest BCUT2D eigenvalue weighted by atomic mass is 32.1. The molecule has 7 nitrogen and oxygen atoms in total. The quantitative estimate of drug-likeness (QED) is 0.286. The summed E-state index contributed by atoms with van der Waals surface area (Å²) in [4.78, 5) is 20.4. The molecule has 208 valence electrons. The topological polar surface area (TPSA) is 124 Å². The first-order chi connectivity index (χ1) is 18.8. The number of hydrogen-bond acceptors (Lipinski definition) is 7. The van der Waals surface area contributed by atoms with Crippen LogP contribution >= 0.6 is 11.3 Å². The first-order valence-corrected chi connectivity index (χ1v) is 13.0. The van der Waals surface area contributed by atoms with Gasteiger partial charge in [-0.2, -0.15) is 13.2 Å². The van der Waals surface area contributed by atoms with Crippen LogP contribution in [-0.2, 0) is 17.6 Å². The first-order valence-electron chi connectivity index (χ1n) is 12.2. The molecule has 40 heavy (non-hydrogen) atoms. The summed E-state index contributed by atoms with van der Waals surface area (Å²) in [7, 11) is 0. The van der Waals surface area contributed by atoms with Crippen molar-refractivity contribution in [2.24, 2.45) is 17.4 Å². The highest BCUT2D eigenvalue weighted by Gasteiger charge is 2.59. The van der Waals surface area contributed by atoms with Crippen molar-refractivity contribution < 1.29 is 36.6 Å². The zero-order valence-corrected chi connectivity index (χ0v) is 21.4. The number of hydrogen-bond donors (Lipinski definition) is 3. The SMILES string of the molecule is NC(=O)c1cc(F)c2nc(C[C@@](O)(c3cc4c(c(-c5ccc(F)cc5)n3)OC[C@@]4(N)C(F)(F)F)C3CC3)sc2c1. The minimum absolute atomic E-state index is 0.0235. The number of ether oxygens (including phenoxy) is 1. The predicted molar refractivity (Wildman–Crippen MR) is 135 cm³/mol. The Kier molecular flexibility index (Phi) is 5.91. The van der Waals surface area contributed by atoms with Crippen LogP contribution in [0.1, 0.15) is 39.5 Å². The molecule has 0 saturated heterocycles. The van der Waals surface area contributed by atoms with Gasteiger partial charge in [0.05, 0.1) is 15.4 Å². The average molecular weight is 577 g/mol. The molecular weight excluding hydrogens is 555 g/mol. The molecule has 1 saturated carbocycles. The number of rotatable bonds is 6. The maximum Gasteiger partial charge on any atom is 0.414 e. The third-order valence-electron chi connectivity index (χ3n) is 7.42. The smallest absolute Gasteiger partial charge is 0.414 e. The van der Waals surface area contributed by atoms with E-state index in [1.165, 1.54) is 18.2 Å². The van der Waals surface area contributed by atoms with E-state index >= 15 is 0 Å². The van der Waals surface area contributed by atoms with Gasteiger partial charge in [0.15, 0.2) is 17.1 Å². The number of benzene rings is 2. The van der Waals surface area contributed by atoms with Gasteiger partial charge in [0, 0.05) is 23.1 Å². The lowest BCUT2D eigenvalue weighted by Gasteiger charge is -2.30. The van der Waals surface area contributed by atoms with E-state index in [-0.39, 0.29) is 51.1 Å². The number of aromatic nitrogens is 2. The average Bonchev–Trinajstić information content (AvgIpc) is 3.59. The summed E-state index contributed by atoms with van der Waals surface area (Å²) in [6, 6.07) is 8.43. The first kappa shape index (κ1) is 26.5. The summed E-state index contributed by atoms with van der Waals surface area (Å²) >= 11 is 1.02. The standard InChI is InChI=1S/C27H21F5N4O3S/c28-15-5-1-12(2-6-15)21-23-16(26(34,11-39-23)27(30,31)32)9-19(35-21)25(38,14-3-4-14)10-20-36-22-17(29)7-13(24(33)37)8-18(22)40-20/h1-2,5-9,14,38H,3-4,10-11,34H2,(H2,33,37)/t25-,26-/m0/s1. The molecule has 1 aliphatic heterocycles. The number of fused-ring (bicyclic) bond motifs is 2. The van der Waals surface area contributed by atoms with E-state index < -0.39 is 47.0 Å². The zero-order chi connectivity index (χ0) is 28.6. The number of halogens is 5. The zero-order valence-electron chi connectivity index (χ0n) is 20.6. The second-order valence-corrected chi connectivity index (χ2v) is 11.3. The highest BCUT2D eigenvalue weighted by molar-refractivity contribution is 7.18. The van der Waals surface area contributed by atoms with Crippen molar-refractivity contribution in [3.8, 4) is 17.0 Å². The van der Waals surface area contributed by atoms with Crippen LogP contribution in [0.4, 0.5) is 22.0 Å². The van der Waals surface area contributed by atoms with Gasteiger partial charge in [0.2, 0.25) is 5.91 Å². The molecule has 6 rings (SSSR count). The van der Waals surface area contributed by atoms with Crippen molar-refractivity contribution in [2.75, 3.05) is 6.61 Å². The number of amides is 1. The lowest BCUT2D eigenvalue weighted by atomic mass is 9.84. The Morgan fingerprint density at radius 1 is 1.12 bits per heavy atom. The van der Waals surface area contributed by atoms with Crippen molar-refractivity contribution in [1.29, 1.82) is 0 Å². The number of thiazole rings is 1. The van der Waals surface area contributed by atoms with Crippen LogP contribution in [0.2, 0.25) is 0 Å². The normalized spacial score (nSPS) is 20.3. The van der Waals surface area contributed by atoms with Gasteiger partial charge in [0.1, 0.15) is 29.2 Å². The number of nitrogens with zero attached hydrogens (tertiary/aromatic N) is 2. The number of carbonyl (C=O) groups excluding carboxylic acids is 1. The lowest BCUT2D eigenvalue weighted by Crippen LogP contribution is -2.52. The summed E-state index contributed by atoms with van der Waals surface area (Å²) in [6.45, 7) is -0.896. The Labute approximate surface area is 227 Å². The number of aliphatic hydroxyl groups is 1. The molecule has 1 aliphatic carbocycles. The fourth-order valence-electron chi connectivity index (χ4n) is 5.02. The van der Waals surface area contributed by atoms with E-state index in [2.05, 4.69) is 9.97 Å². The molecule has 3 heterocycles. The Bertz CT molecular complexity index is 1670. The molecular formula is C27H21F5N4O3S. The van der Waals surface area contributed by atoms with Crippen LogP contribution in [-0.4, -0.2) is 33.8 Å². The number of carbonyl (C=O) groups is 1. The summed E-state index contributed by atoms with van der Waals surface area (Å²) in [6.07, 6.45) is -3.95. The Morgan fingerprint density at radius 2 is 1.82 bits per heavy atom. The summed E-state index contributed by atoms with van der Waals surface area (Å²) in [5.74, 6) is -2.73. The van der Waals surface area contributed by atoms with Gasteiger partial charge in [-0.1, -0.05) is 0 Å². The molecule has 1 fully saturated rings. The molecule has 0 spiro atoms. The van der Waals surface area contributed by atoms with E-state index in [4.69, 9.17) is 16.2 Å². The maximum atomic E-state index is 14.7. The van der Waals surface area contributed by atoms with Crippen molar-refractivity contribution in [1.82, 2.24) is 9.97 Å². The number of primary amides is 1. The van der Waals surface area contributed by atoms with Crippen molar-refractivity contribution in [3.05, 3.63) is 75.9 Å². The third kappa shape index (κ3) is 4.19. The van der Waals surface area contributed by atoms with Gasteiger partial charge >= 0.3 is 6.18 Å². The molecule has 2 aromatic carbocycles. The minimum Gasteiger partial charge on any atom is -0.488 e. The molecule has 0 unspecified atom stereocenters. The molecule has 2 aliphatic rings. The Morgan fingerprint density at radius 3 is 2.45 bits per heavy atom. The number of pyridine rings is 1. The number of nitrogens with two attached hydrogens (primary N) is 2. The molecule has 13 heteroatoms. The predicted octanol–water partition coefficient (Wildman–Crippen LogP) is 4.68. The summed E-state index contributed by atoms with van der Waals surface area (Å²) < 4.78 is 76.6. The van der Waals surface area contributed by atoms with Crippen LogP contribution in [0.3, 0.4) is 0 Å². The van der Waals surface area contributed by atoms with E-state index in [0.717, 1.165) is 35.6 Å². The molecule has 5 N–H and O–H groups in total. The van der Waals surface area contributed by atoms with Gasteiger partial charge in [-0.05, 0) is 61.2 Å². The van der Waals surface area contributed by atoms with E-state index in [1.807, 2.05) is 0 Å². The van der Waals surface area contributed by atoms with Crippen LogP contribution in [0.15, 0.2) is 42.5 Å². The number of alkyl halides is 3. The van der Waals surface area contributed by atoms with E-state index in [1.54, 1.807) is 0 Å². The molecule has 2 aromatic heterocycles. The van der Waals surface area contributed by atoms with Gasteiger partial charge in [-0.15, -0.1) is 11.3 Å². The maximum absolute atomic E-state index is 14.7. The van der Waals surface area contributed by atoms with Crippen molar-refractivity contribution in [3.63, 3.8) is 0 Å². The second-order valence-electron chi connectivity index (χ2n) is 10.1.